The van der Waals surface area contributed by atoms with Crippen molar-refractivity contribution < 1.29 is 0 Å². The fourth-order valence-corrected chi connectivity index (χ4v) is 0.843. The SMILES string of the molecule is CC(N)CC(Cl)Cl. The summed E-state index contributed by atoms with van der Waals surface area (Å²) in [4.78, 5) is -0.306. The molecule has 3 heteroatoms. The molecule has 0 rings (SSSR count). The highest BCUT2D eigenvalue weighted by atomic mass is 35.5. The van der Waals surface area contributed by atoms with Crippen LogP contribution < -0.4 is 5.73 Å². The second-order valence-corrected chi connectivity index (χ2v) is 2.88. The monoisotopic (exact) mass is 141 g/mol. The molecule has 1 unspecified atom stereocenters. The second-order valence-electron chi connectivity index (χ2n) is 1.60. The Hall–Kier alpha value is 0.540. The van der Waals surface area contributed by atoms with E-state index < -0.39 is 0 Å². The third kappa shape index (κ3) is 6.54. The normalized spacial score (nSPS) is 15.0. The summed E-state index contributed by atoms with van der Waals surface area (Å²) in [6.07, 6.45) is 0.670. The van der Waals surface area contributed by atoms with Crippen LogP contribution in [0.2, 0.25) is 0 Å². The standard InChI is InChI=1S/C4H9Cl2N/c1-3(7)2-4(5)6/h3-4H,2,7H2,1H3. The van der Waals surface area contributed by atoms with E-state index in [1.165, 1.54) is 0 Å². The van der Waals surface area contributed by atoms with Crippen LogP contribution in [0.1, 0.15) is 13.3 Å². The molecule has 0 amide bonds. The molecule has 0 spiro atoms. The predicted octanol–water partition coefficient (Wildman–Crippen LogP) is 1.53. The summed E-state index contributed by atoms with van der Waals surface area (Å²) in [6, 6.07) is 0.111. The Bertz CT molecular complexity index is 39.0. The van der Waals surface area contributed by atoms with Crippen molar-refractivity contribution in [1.82, 2.24) is 0 Å². The number of alkyl halides is 2. The van der Waals surface area contributed by atoms with E-state index in [-0.39, 0.29) is 10.9 Å². The van der Waals surface area contributed by atoms with Gasteiger partial charge in [-0.2, -0.15) is 0 Å². The lowest BCUT2D eigenvalue weighted by Crippen LogP contribution is -2.17. The van der Waals surface area contributed by atoms with Crippen LogP contribution in [0.4, 0.5) is 0 Å². The van der Waals surface area contributed by atoms with E-state index in [2.05, 4.69) is 0 Å². The van der Waals surface area contributed by atoms with Crippen LogP contribution in [0, 0.1) is 0 Å². The van der Waals surface area contributed by atoms with Crippen molar-refractivity contribution in [3.63, 3.8) is 0 Å². The summed E-state index contributed by atoms with van der Waals surface area (Å²) in [5.41, 5.74) is 5.32. The molecule has 0 bridgehead atoms. The zero-order valence-corrected chi connectivity index (χ0v) is 5.71. The van der Waals surface area contributed by atoms with Gasteiger partial charge in [0.25, 0.3) is 0 Å². The number of halogens is 2. The van der Waals surface area contributed by atoms with Crippen molar-refractivity contribution in [3.05, 3.63) is 0 Å². The van der Waals surface area contributed by atoms with E-state index in [0.29, 0.717) is 6.42 Å². The highest BCUT2D eigenvalue weighted by Gasteiger charge is 2.00. The fraction of sp³-hybridized carbons (Fsp3) is 1.00. The maximum absolute atomic E-state index is 5.36. The Labute approximate surface area is 53.8 Å². The molecule has 0 saturated heterocycles. The molecule has 0 saturated carbocycles. The second kappa shape index (κ2) is 3.53. The highest BCUT2D eigenvalue weighted by Crippen LogP contribution is 2.07. The zero-order chi connectivity index (χ0) is 5.86. The van der Waals surface area contributed by atoms with Crippen molar-refractivity contribution in [2.24, 2.45) is 5.73 Å². The highest BCUT2D eigenvalue weighted by molar-refractivity contribution is 6.44. The summed E-state index contributed by atoms with van der Waals surface area (Å²) in [7, 11) is 0. The molecule has 0 aliphatic carbocycles. The smallest absolute Gasteiger partial charge is 0.109 e. The molecule has 0 fully saturated rings. The van der Waals surface area contributed by atoms with Gasteiger partial charge in [-0.05, 0) is 13.3 Å². The van der Waals surface area contributed by atoms with Crippen molar-refractivity contribution >= 4 is 23.2 Å². The van der Waals surface area contributed by atoms with E-state index in [1.54, 1.807) is 0 Å². The van der Waals surface area contributed by atoms with Gasteiger partial charge in [0.05, 0.1) is 0 Å². The first-order valence-electron chi connectivity index (χ1n) is 2.16. The van der Waals surface area contributed by atoms with Gasteiger partial charge >= 0.3 is 0 Å². The first-order chi connectivity index (χ1) is 3.13. The number of hydrogen-bond acceptors (Lipinski definition) is 1. The van der Waals surface area contributed by atoms with Crippen LogP contribution >= 0.6 is 23.2 Å². The largest absolute Gasteiger partial charge is 0.328 e. The van der Waals surface area contributed by atoms with Gasteiger partial charge in [-0.25, -0.2) is 0 Å². The molecule has 1 nitrogen and oxygen atoms in total. The lowest BCUT2D eigenvalue weighted by molar-refractivity contribution is 0.701. The Morgan fingerprint density at radius 3 is 2.00 bits per heavy atom. The Kier molecular flexibility index (Phi) is 3.80. The number of hydrogen-bond donors (Lipinski definition) is 1. The minimum atomic E-state index is -0.306. The Morgan fingerprint density at radius 2 is 2.00 bits per heavy atom. The van der Waals surface area contributed by atoms with Crippen molar-refractivity contribution in [2.45, 2.75) is 24.2 Å². The zero-order valence-electron chi connectivity index (χ0n) is 4.20. The van der Waals surface area contributed by atoms with Gasteiger partial charge in [-0.15, -0.1) is 23.2 Å². The quantitative estimate of drug-likeness (QED) is 0.581. The molecule has 0 heterocycles. The van der Waals surface area contributed by atoms with Gasteiger partial charge in [-0.1, -0.05) is 0 Å². The van der Waals surface area contributed by atoms with Crippen LogP contribution in [0.15, 0.2) is 0 Å². The maximum Gasteiger partial charge on any atom is 0.109 e. The van der Waals surface area contributed by atoms with Gasteiger partial charge in [0, 0.05) is 6.04 Å². The predicted molar refractivity (Wildman–Crippen MR) is 33.8 cm³/mol. The third-order valence-corrected chi connectivity index (χ3v) is 0.906. The molecule has 7 heavy (non-hydrogen) atoms. The van der Waals surface area contributed by atoms with E-state index in [0.717, 1.165) is 0 Å². The van der Waals surface area contributed by atoms with Crippen molar-refractivity contribution in [3.8, 4) is 0 Å². The molecule has 0 aromatic rings. The molecule has 0 aromatic heterocycles. The lowest BCUT2D eigenvalue weighted by atomic mass is 10.3. The molecule has 0 aliphatic rings. The van der Waals surface area contributed by atoms with Crippen molar-refractivity contribution in [2.75, 3.05) is 0 Å². The van der Waals surface area contributed by atoms with Crippen molar-refractivity contribution in [1.29, 1.82) is 0 Å². The fourth-order valence-electron chi connectivity index (χ4n) is 0.281. The molecular formula is C4H9Cl2N. The molecule has 0 radical (unpaired) electrons. The average Bonchev–Trinajstić information content (AvgIpc) is 1.27. The number of nitrogens with two attached hydrogens (primary N) is 1. The van der Waals surface area contributed by atoms with Crippen LogP contribution in [-0.2, 0) is 0 Å². The Morgan fingerprint density at radius 1 is 1.57 bits per heavy atom. The van der Waals surface area contributed by atoms with Gasteiger partial charge in [0.15, 0.2) is 0 Å². The maximum atomic E-state index is 5.36. The topological polar surface area (TPSA) is 26.0 Å². The van der Waals surface area contributed by atoms with E-state index >= 15 is 0 Å². The van der Waals surface area contributed by atoms with E-state index in [1.807, 2.05) is 6.92 Å². The first-order valence-corrected chi connectivity index (χ1v) is 3.04. The van der Waals surface area contributed by atoms with Crippen LogP contribution in [0.5, 0.6) is 0 Å². The van der Waals surface area contributed by atoms with Crippen LogP contribution in [-0.4, -0.2) is 10.9 Å². The van der Waals surface area contributed by atoms with E-state index in [4.69, 9.17) is 28.9 Å². The van der Waals surface area contributed by atoms with Crippen LogP contribution in [0.25, 0.3) is 0 Å². The molecule has 1 atom stereocenters. The minimum Gasteiger partial charge on any atom is -0.328 e. The summed E-state index contributed by atoms with van der Waals surface area (Å²) in [6.45, 7) is 1.87. The molecule has 44 valence electrons. The summed E-state index contributed by atoms with van der Waals surface area (Å²) in [5, 5.41) is 0. The molecule has 2 N–H and O–H groups in total. The summed E-state index contributed by atoms with van der Waals surface area (Å²) >= 11 is 10.7. The van der Waals surface area contributed by atoms with Gasteiger partial charge < -0.3 is 5.73 Å². The minimum absolute atomic E-state index is 0.111. The van der Waals surface area contributed by atoms with Gasteiger partial charge in [0.2, 0.25) is 0 Å². The van der Waals surface area contributed by atoms with Gasteiger partial charge in [-0.3, -0.25) is 0 Å². The number of rotatable bonds is 2. The summed E-state index contributed by atoms with van der Waals surface area (Å²) < 4.78 is 0. The molecule has 0 aliphatic heterocycles. The van der Waals surface area contributed by atoms with Crippen LogP contribution in [0.3, 0.4) is 0 Å². The third-order valence-electron chi connectivity index (χ3n) is 0.550. The average molecular weight is 142 g/mol. The Balaban J connectivity index is 2.95. The molecule has 0 aromatic carbocycles. The first kappa shape index (κ1) is 7.54. The van der Waals surface area contributed by atoms with E-state index in [9.17, 15) is 0 Å². The lowest BCUT2D eigenvalue weighted by Gasteiger charge is -2.02. The molecular weight excluding hydrogens is 133 g/mol. The van der Waals surface area contributed by atoms with Gasteiger partial charge in [0.1, 0.15) is 4.84 Å². The summed E-state index contributed by atoms with van der Waals surface area (Å²) in [5.74, 6) is 0.